The molecule has 1 rings (SSSR count). The lowest BCUT2D eigenvalue weighted by atomic mass is 10.0. The van der Waals surface area contributed by atoms with Gasteiger partial charge in [-0.15, -0.1) is 0 Å². The van der Waals surface area contributed by atoms with Crippen LogP contribution in [0.4, 0.5) is 0 Å². The van der Waals surface area contributed by atoms with Gasteiger partial charge in [-0.2, -0.15) is 0 Å². The molecule has 20 heavy (non-hydrogen) atoms. The van der Waals surface area contributed by atoms with E-state index in [1.165, 1.54) is 0 Å². The molecule has 0 aliphatic carbocycles. The molecule has 3 heteroatoms. The molecule has 1 atom stereocenters. The molecule has 0 heterocycles. The highest BCUT2D eigenvalue weighted by Gasteiger charge is 2.21. The molecule has 0 aromatic heterocycles. The summed E-state index contributed by atoms with van der Waals surface area (Å²) in [5.74, 6) is 6.24. The Bertz CT molecular complexity index is 538. The van der Waals surface area contributed by atoms with Gasteiger partial charge in [0.1, 0.15) is 0 Å². The summed E-state index contributed by atoms with van der Waals surface area (Å²) in [6, 6.07) is 5.90. The van der Waals surface area contributed by atoms with Crippen molar-refractivity contribution in [3.8, 4) is 11.8 Å². The minimum Gasteiger partial charge on any atom is -0.339 e. The van der Waals surface area contributed by atoms with Crippen LogP contribution in [0.1, 0.15) is 42.3 Å². The quantitative estimate of drug-likeness (QED) is 0.859. The van der Waals surface area contributed by atoms with Gasteiger partial charge < -0.3 is 10.6 Å². The third kappa shape index (κ3) is 3.85. The highest BCUT2D eigenvalue weighted by Crippen LogP contribution is 2.16. The Morgan fingerprint density at radius 2 is 2.00 bits per heavy atom. The Hall–Kier alpha value is -1.79. The zero-order valence-corrected chi connectivity index (χ0v) is 13.0. The molecule has 0 aliphatic rings. The molecule has 1 aromatic carbocycles. The van der Waals surface area contributed by atoms with Gasteiger partial charge in [0.2, 0.25) is 0 Å². The summed E-state index contributed by atoms with van der Waals surface area (Å²) < 4.78 is 0. The zero-order valence-electron chi connectivity index (χ0n) is 13.0. The second-order valence-corrected chi connectivity index (χ2v) is 5.46. The molecule has 2 N–H and O–H groups in total. The first-order chi connectivity index (χ1) is 9.38. The number of carbonyl (C=O) groups is 1. The number of benzene rings is 1. The summed E-state index contributed by atoms with van der Waals surface area (Å²) in [5, 5.41) is 0. The summed E-state index contributed by atoms with van der Waals surface area (Å²) >= 11 is 0. The molecule has 0 bridgehead atoms. The van der Waals surface area contributed by atoms with Crippen molar-refractivity contribution in [3.63, 3.8) is 0 Å². The molecule has 0 aliphatic heterocycles. The van der Waals surface area contributed by atoms with Crippen LogP contribution < -0.4 is 5.73 Å². The van der Waals surface area contributed by atoms with E-state index in [9.17, 15) is 4.79 Å². The maximum absolute atomic E-state index is 12.6. The first kappa shape index (κ1) is 16.3. The molecule has 0 radical (unpaired) electrons. The average molecular weight is 272 g/mol. The van der Waals surface area contributed by atoms with Gasteiger partial charge in [-0.25, -0.2) is 0 Å². The van der Waals surface area contributed by atoms with Gasteiger partial charge in [0, 0.05) is 18.7 Å². The van der Waals surface area contributed by atoms with Crippen molar-refractivity contribution in [2.45, 2.75) is 33.7 Å². The zero-order chi connectivity index (χ0) is 15.3. The normalized spacial score (nSPS) is 11.8. The van der Waals surface area contributed by atoms with Crippen LogP contribution in [0.2, 0.25) is 0 Å². The predicted octanol–water partition coefficient (Wildman–Crippen LogP) is 2.42. The number of hydrogen-bond acceptors (Lipinski definition) is 2. The van der Waals surface area contributed by atoms with Crippen LogP contribution in [0.25, 0.3) is 0 Å². The van der Waals surface area contributed by atoms with Crippen molar-refractivity contribution in [3.05, 3.63) is 34.9 Å². The van der Waals surface area contributed by atoms with Crippen molar-refractivity contribution in [2.24, 2.45) is 11.7 Å². The van der Waals surface area contributed by atoms with Crippen molar-refractivity contribution in [1.82, 2.24) is 4.90 Å². The van der Waals surface area contributed by atoms with E-state index in [1.54, 1.807) is 4.90 Å². The lowest BCUT2D eigenvalue weighted by molar-refractivity contribution is 0.0707. The number of rotatable bonds is 3. The molecule has 1 unspecified atom stereocenters. The maximum atomic E-state index is 12.6. The second-order valence-electron chi connectivity index (χ2n) is 5.46. The van der Waals surface area contributed by atoms with E-state index in [0.29, 0.717) is 18.0 Å². The number of hydrogen-bond donors (Lipinski definition) is 1. The molecule has 0 fully saturated rings. The number of aryl methyl sites for hydroxylation is 1. The Morgan fingerprint density at radius 1 is 1.35 bits per heavy atom. The van der Waals surface area contributed by atoms with Gasteiger partial charge in [-0.1, -0.05) is 31.8 Å². The predicted molar refractivity (Wildman–Crippen MR) is 83.5 cm³/mol. The SMILES string of the molecule is Cc1ccc(C(=O)N(C)C(C)C(C)C)c(C#CCN)c1. The fourth-order valence-electron chi connectivity index (χ4n) is 1.92. The van der Waals surface area contributed by atoms with Gasteiger partial charge in [-0.05, 0) is 37.5 Å². The fourth-order valence-corrected chi connectivity index (χ4v) is 1.92. The van der Waals surface area contributed by atoms with Gasteiger partial charge in [0.25, 0.3) is 5.91 Å². The Labute approximate surface area is 122 Å². The van der Waals surface area contributed by atoms with E-state index < -0.39 is 0 Å². The van der Waals surface area contributed by atoms with E-state index in [4.69, 9.17) is 5.73 Å². The van der Waals surface area contributed by atoms with Gasteiger partial charge >= 0.3 is 0 Å². The van der Waals surface area contributed by atoms with Gasteiger partial charge in [-0.3, -0.25) is 4.79 Å². The Morgan fingerprint density at radius 3 is 2.55 bits per heavy atom. The third-order valence-electron chi connectivity index (χ3n) is 3.63. The fraction of sp³-hybridized carbons (Fsp3) is 0.471. The Kier molecular flexibility index (Phi) is 5.79. The summed E-state index contributed by atoms with van der Waals surface area (Å²) in [4.78, 5) is 14.4. The number of amides is 1. The molecule has 1 aromatic rings. The van der Waals surface area contributed by atoms with Gasteiger partial charge in [0.15, 0.2) is 0 Å². The monoisotopic (exact) mass is 272 g/mol. The minimum absolute atomic E-state index is 0.00696. The lowest BCUT2D eigenvalue weighted by Gasteiger charge is -2.28. The van der Waals surface area contributed by atoms with Gasteiger partial charge in [0.05, 0.1) is 12.1 Å². The summed E-state index contributed by atoms with van der Waals surface area (Å²) in [5.41, 5.74) is 7.90. The van der Waals surface area contributed by atoms with E-state index in [-0.39, 0.29) is 11.9 Å². The van der Waals surface area contributed by atoms with Crippen molar-refractivity contribution in [1.29, 1.82) is 0 Å². The highest BCUT2D eigenvalue weighted by atomic mass is 16.2. The number of carbonyl (C=O) groups excluding carboxylic acids is 1. The molecule has 0 spiro atoms. The van der Waals surface area contributed by atoms with Crippen LogP contribution in [0.15, 0.2) is 18.2 Å². The summed E-state index contributed by atoms with van der Waals surface area (Å²) in [6.07, 6.45) is 0. The second kappa shape index (κ2) is 7.12. The molecule has 0 saturated heterocycles. The summed E-state index contributed by atoms with van der Waals surface area (Å²) in [6.45, 7) is 8.56. The highest BCUT2D eigenvalue weighted by molar-refractivity contribution is 5.96. The van der Waals surface area contributed by atoms with E-state index in [2.05, 4.69) is 32.6 Å². The van der Waals surface area contributed by atoms with Crippen LogP contribution in [0, 0.1) is 24.7 Å². The average Bonchev–Trinajstić information content (AvgIpc) is 2.42. The van der Waals surface area contributed by atoms with E-state index in [0.717, 1.165) is 11.1 Å². The number of nitrogens with two attached hydrogens (primary N) is 1. The molecule has 0 saturated carbocycles. The Balaban J connectivity index is 3.15. The number of nitrogens with zero attached hydrogens (tertiary/aromatic N) is 1. The summed E-state index contributed by atoms with van der Waals surface area (Å²) in [7, 11) is 1.84. The van der Waals surface area contributed by atoms with Crippen LogP contribution in [-0.4, -0.2) is 30.4 Å². The molecule has 3 nitrogen and oxygen atoms in total. The minimum atomic E-state index is 0.00696. The van der Waals surface area contributed by atoms with Crippen LogP contribution in [0.3, 0.4) is 0 Å². The molecule has 108 valence electrons. The molecule has 1 amide bonds. The topological polar surface area (TPSA) is 46.3 Å². The van der Waals surface area contributed by atoms with Crippen molar-refractivity contribution >= 4 is 5.91 Å². The standard InChI is InChI=1S/C17H24N2O/c1-12(2)14(4)19(5)17(20)16-9-8-13(3)11-15(16)7-6-10-18/h8-9,11-12,14H,10,18H2,1-5H3. The van der Waals surface area contributed by atoms with Crippen molar-refractivity contribution < 1.29 is 4.79 Å². The van der Waals surface area contributed by atoms with Crippen LogP contribution in [-0.2, 0) is 0 Å². The van der Waals surface area contributed by atoms with E-state index in [1.807, 2.05) is 32.2 Å². The third-order valence-corrected chi connectivity index (χ3v) is 3.63. The smallest absolute Gasteiger partial charge is 0.255 e. The first-order valence-corrected chi connectivity index (χ1v) is 6.95. The largest absolute Gasteiger partial charge is 0.339 e. The van der Waals surface area contributed by atoms with Crippen LogP contribution >= 0.6 is 0 Å². The first-order valence-electron chi connectivity index (χ1n) is 6.95. The van der Waals surface area contributed by atoms with Crippen molar-refractivity contribution in [2.75, 3.05) is 13.6 Å². The van der Waals surface area contributed by atoms with Crippen LogP contribution in [0.5, 0.6) is 0 Å². The molecular weight excluding hydrogens is 248 g/mol. The molecular formula is C17H24N2O. The van der Waals surface area contributed by atoms with E-state index >= 15 is 0 Å². The maximum Gasteiger partial charge on any atom is 0.255 e. The lowest BCUT2D eigenvalue weighted by Crippen LogP contribution is -2.38.